The molecule has 0 aliphatic rings. The van der Waals surface area contributed by atoms with Gasteiger partial charge < -0.3 is 0 Å². The van der Waals surface area contributed by atoms with E-state index < -0.39 is 0 Å². The van der Waals surface area contributed by atoms with E-state index in [1.165, 1.54) is 32.1 Å². The van der Waals surface area contributed by atoms with Crippen LogP contribution in [0.1, 0.15) is 73.6 Å². The highest BCUT2D eigenvalue weighted by Crippen LogP contribution is 2.41. The molecule has 0 nitrogen and oxygen atoms in total. The standard InChI is InChI=1S/C14H30/c1-7-10-14(8-2,13(5)6)11-9-12(3)4/h12-13H,7-11H2,1-6H3. The Kier molecular flexibility index (Phi) is 6.48. The first-order valence-corrected chi connectivity index (χ1v) is 6.48. The number of hydrogen-bond acceptors (Lipinski definition) is 0. The van der Waals surface area contributed by atoms with Gasteiger partial charge in [0.2, 0.25) is 0 Å². The molecule has 0 heteroatoms. The van der Waals surface area contributed by atoms with Gasteiger partial charge in [-0.25, -0.2) is 0 Å². The molecule has 86 valence electrons. The van der Waals surface area contributed by atoms with Gasteiger partial charge in [-0.3, -0.25) is 0 Å². The molecule has 0 heterocycles. The molecule has 0 aromatic rings. The van der Waals surface area contributed by atoms with Gasteiger partial charge >= 0.3 is 0 Å². The summed E-state index contributed by atoms with van der Waals surface area (Å²) in [6.07, 6.45) is 6.92. The van der Waals surface area contributed by atoms with Crippen LogP contribution in [-0.4, -0.2) is 0 Å². The quantitative estimate of drug-likeness (QED) is 0.522. The fourth-order valence-electron chi connectivity index (χ4n) is 2.54. The second-order valence-electron chi connectivity index (χ2n) is 5.55. The molecular weight excluding hydrogens is 168 g/mol. The summed E-state index contributed by atoms with van der Waals surface area (Å²) in [5.41, 5.74) is 0.624. The zero-order chi connectivity index (χ0) is 11.2. The Hall–Kier alpha value is 0. The van der Waals surface area contributed by atoms with Crippen LogP contribution in [0.4, 0.5) is 0 Å². The van der Waals surface area contributed by atoms with E-state index >= 15 is 0 Å². The molecule has 0 N–H and O–H groups in total. The van der Waals surface area contributed by atoms with Crippen LogP contribution in [0.15, 0.2) is 0 Å². The van der Waals surface area contributed by atoms with Crippen LogP contribution < -0.4 is 0 Å². The van der Waals surface area contributed by atoms with Gasteiger partial charge in [0.15, 0.2) is 0 Å². The lowest BCUT2D eigenvalue weighted by Crippen LogP contribution is -2.27. The minimum atomic E-state index is 0.624. The van der Waals surface area contributed by atoms with Crippen LogP contribution in [0.5, 0.6) is 0 Å². The monoisotopic (exact) mass is 198 g/mol. The number of rotatable bonds is 7. The van der Waals surface area contributed by atoms with Crippen LogP contribution in [0.2, 0.25) is 0 Å². The SMILES string of the molecule is CCCC(CC)(CCC(C)C)C(C)C. The summed E-state index contributed by atoms with van der Waals surface area (Å²) in [6.45, 7) is 14.2. The van der Waals surface area contributed by atoms with Gasteiger partial charge in [0.1, 0.15) is 0 Å². The minimum Gasteiger partial charge on any atom is -0.0654 e. The fourth-order valence-corrected chi connectivity index (χ4v) is 2.54. The van der Waals surface area contributed by atoms with Crippen molar-refractivity contribution in [3.63, 3.8) is 0 Å². The lowest BCUT2D eigenvalue weighted by molar-refractivity contribution is 0.134. The second kappa shape index (κ2) is 6.48. The summed E-state index contributed by atoms with van der Waals surface area (Å²) in [6, 6.07) is 0. The summed E-state index contributed by atoms with van der Waals surface area (Å²) in [5.74, 6) is 1.70. The van der Waals surface area contributed by atoms with Gasteiger partial charge in [-0.1, -0.05) is 60.8 Å². The van der Waals surface area contributed by atoms with Gasteiger partial charge in [-0.15, -0.1) is 0 Å². The van der Waals surface area contributed by atoms with Gasteiger partial charge in [0.25, 0.3) is 0 Å². The van der Waals surface area contributed by atoms with Gasteiger partial charge in [-0.05, 0) is 30.1 Å². The normalized spacial score (nSPS) is 16.3. The summed E-state index contributed by atoms with van der Waals surface area (Å²) in [5, 5.41) is 0. The van der Waals surface area contributed by atoms with Gasteiger partial charge in [0, 0.05) is 0 Å². The van der Waals surface area contributed by atoms with Crippen LogP contribution >= 0.6 is 0 Å². The Labute approximate surface area is 91.5 Å². The summed E-state index contributed by atoms with van der Waals surface area (Å²) in [7, 11) is 0. The van der Waals surface area contributed by atoms with Gasteiger partial charge in [-0.2, -0.15) is 0 Å². The fraction of sp³-hybridized carbons (Fsp3) is 1.00. The molecule has 0 amide bonds. The molecule has 0 radical (unpaired) electrons. The van der Waals surface area contributed by atoms with Crippen molar-refractivity contribution < 1.29 is 0 Å². The zero-order valence-corrected chi connectivity index (χ0v) is 11.2. The maximum Gasteiger partial charge on any atom is -0.0277 e. The molecule has 0 spiro atoms. The zero-order valence-electron chi connectivity index (χ0n) is 11.2. The Morgan fingerprint density at radius 1 is 0.929 bits per heavy atom. The largest absolute Gasteiger partial charge is 0.0654 e. The molecule has 1 unspecified atom stereocenters. The highest BCUT2D eigenvalue weighted by atomic mass is 14.4. The molecule has 0 aliphatic carbocycles. The molecule has 0 aromatic carbocycles. The summed E-state index contributed by atoms with van der Waals surface area (Å²) in [4.78, 5) is 0. The van der Waals surface area contributed by atoms with E-state index in [0.29, 0.717) is 5.41 Å². The Balaban J connectivity index is 4.33. The first-order chi connectivity index (χ1) is 6.48. The Morgan fingerprint density at radius 3 is 1.79 bits per heavy atom. The summed E-state index contributed by atoms with van der Waals surface area (Å²) >= 11 is 0. The minimum absolute atomic E-state index is 0.624. The van der Waals surface area contributed by atoms with Crippen molar-refractivity contribution >= 4 is 0 Å². The topological polar surface area (TPSA) is 0 Å². The maximum absolute atomic E-state index is 2.40. The van der Waals surface area contributed by atoms with Gasteiger partial charge in [0.05, 0.1) is 0 Å². The van der Waals surface area contributed by atoms with E-state index in [4.69, 9.17) is 0 Å². The van der Waals surface area contributed by atoms with Crippen molar-refractivity contribution in [2.45, 2.75) is 73.6 Å². The van der Waals surface area contributed by atoms with E-state index in [0.717, 1.165) is 11.8 Å². The molecule has 0 aliphatic heterocycles. The average molecular weight is 198 g/mol. The molecular formula is C14H30. The van der Waals surface area contributed by atoms with Crippen LogP contribution in [0.3, 0.4) is 0 Å². The predicted molar refractivity (Wildman–Crippen MR) is 66.5 cm³/mol. The van der Waals surface area contributed by atoms with Crippen molar-refractivity contribution in [1.29, 1.82) is 0 Å². The highest BCUT2D eigenvalue weighted by molar-refractivity contribution is 4.81. The molecule has 14 heavy (non-hydrogen) atoms. The highest BCUT2D eigenvalue weighted by Gasteiger charge is 2.30. The lowest BCUT2D eigenvalue weighted by Gasteiger charge is -2.37. The van der Waals surface area contributed by atoms with Crippen molar-refractivity contribution in [3.8, 4) is 0 Å². The predicted octanol–water partition coefficient (Wildman–Crippen LogP) is 5.28. The van der Waals surface area contributed by atoms with E-state index in [9.17, 15) is 0 Å². The summed E-state index contributed by atoms with van der Waals surface area (Å²) < 4.78 is 0. The van der Waals surface area contributed by atoms with Crippen molar-refractivity contribution in [2.24, 2.45) is 17.3 Å². The van der Waals surface area contributed by atoms with Crippen molar-refractivity contribution in [2.75, 3.05) is 0 Å². The second-order valence-corrected chi connectivity index (χ2v) is 5.55. The van der Waals surface area contributed by atoms with Crippen molar-refractivity contribution in [3.05, 3.63) is 0 Å². The van der Waals surface area contributed by atoms with Crippen LogP contribution in [-0.2, 0) is 0 Å². The Bertz CT molecular complexity index is 135. The smallest absolute Gasteiger partial charge is 0.0277 e. The molecule has 1 atom stereocenters. The third kappa shape index (κ3) is 4.02. The van der Waals surface area contributed by atoms with E-state index in [1.54, 1.807) is 0 Å². The molecule has 0 rings (SSSR count). The molecule has 0 aromatic heterocycles. The van der Waals surface area contributed by atoms with Crippen LogP contribution in [0.25, 0.3) is 0 Å². The molecule has 0 saturated heterocycles. The molecule has 0 fully saturated rings. The average Bonchev–Trinajstić information content (AvgIpc) is 2.11. The van der Waals surface area contributed by atoms with Crippen LogP contribution in [0, 0.1) is 17.3 Å². The first kappa shape index (κ1) is 14.0. The van der Waals surface area contributed by atoms with E-state index in [-0.39, 0.29) is 0 Å². The van der Waals surface area contributed by atoms with Crippen molar-refractivity contribution in [1.82, 2.24) is 0 Å². The Morgan fingerprint density at radius 2 is 1.50 bits per heavy atom. The molecule has 0 saturated carbocycles. The third-order valence-corrected chi connectivity index (χ3v) is 3.90. The third-order valence-electron chi connectivity index (χ3n) is 3.90. The maximum atomic E-state index is 2.40. The van der Waals surface area contributed by atoms with E-state index in [2.05, 4.69) is 41.5 Å². The number of hydrogen-bond donors (Lipinski definition) is 0. The lowest BCUT2D eigenvalue weighted by atomic mass is 9.68. The first-order valence-electron chi connectivity index (χ1n) is 6.48. The molecule has 0 bridgehead atoms. The van der Waals surface area contributed by atoms with E-state index in [1.807, 2.05) is 0 Å².